The second kappa shape index (κ2) is 8.74. The number of carboxylic acids is 1. The Morgan fingerprint density at radius 2 is 1.81 bits per heavy atom. The lowest BCUT2D eigenvalue weighted by molar-refractivity contribution is -0.131. The molecule has 0 aliphatic carbocycles. The number of aromatic amines is 1. The number of carbonyl (C=O) groups excluding carboxylic acids is 2. The number of carbonyl (C=O) groups is 3. The smallest absolute Gasteiger partial charge is 0.377 e. The van der Waals surface area contributed by atoms with Gasteiger partial charge in [0.1, 0.15) is 5.82 Å². The lowest BCUT2D eigenvalue weighted by Crippen LogP contribution is -2.39. The van der Waals surface area contributed by atoms with Gasteiger partial charge in [-0.2, -0.15) is 0 Å². The first-order valence-electron chi connectivity index (χ1n) is 10.4. The van der Waals surface area contributed by atoms with E-state index in [1.165, 1.54) is 18.2 Å². The first kappa shape index (κ1) is 22.0. The lowest BCUT2D eigenvalue weighted by Gasteiger charge is -2.32. The Balaban J connectivity index is 1.52. The number of aryl methyl sites for hydroxylation is 1. The molecule has 0 saturated carbocycles. The molecule has 1 fully saturated rings. The van der Waals surface area contributed by atoms with E-state index in [9.17, 15) is 18.8 Å². The summed E-state index contributed by atoms with van der Waals surface area (Å²) in [6, 6.07) is 9.55. The Bertz CT molecular complexity index is 1210. The van der Waals surface area contributed by atoms with Gasteiger partial charge in [-0.05, 0) is 61.9 Å². The second-order valence-electron chi connectivity index (χ2n) is 8.20. The third kappa shape index (κ3) is 4.25. The van der Waals surface area contributed by atoms with Crippen LogP contribution in [0.25, 0.3) is 10.9 Å². The van der Waals surface area contributed by atoms with E-state index in [0.29, 0.717) is 35.6 Å². The number of aromatic nitrogens is 1. The molecule has 1 saturated heterocycles. The SMILES string of the molecule is Cc1[nH]c2cc(Cl)c(C(=O)N3CCC(Cc4ccc(F)cc4)CC3)cc2c1C(=O)C(=O)O. The zero-order valence-corrected chi connectivity index (χ0v) is 18.2. The Kier molecular flexibility index (Phi) is 6.02. The maximum atomic E-state index is 13.2. The normalized spacial score (nSPS) is 14.7. The van der Waals surface area contributed by atoms with E-state index in [1.807, 2.05) is 0 Å². The molecule has 0 bridgehead atoms. The molecule has 166 valence electrons. The predicted molar refractivity (Wildman–Crippen MR) is 119 cm³/mol. The van der Waals surface area contributed by atoms with E-state index in [0.717, 1.165) is 24.8 Å². The van der Waals surface area contributed by atoms with E-state index < -0.39 is 11.8 Å². The molecule has 2 N–H and O–H groups in total. The molecule has 1 aliphatic heterocycles. The van der Waals surface area contributed by atoms with Crippen LogP contribution < -0.4 is 0 Å². The van der Waals surface area contributed by atoms with Crippen molar-refractivity contribution in [2.75, 3.05) is 13.1 Å². The van der Waals surface area contributed by atoms with E-state index in [1.54, 1.807) is 30.0 Å². The van der Waals surface area contributed by atoms with Gasteiger partial charge in [0.15, 0.2) is 0 Å². The van der Waals surface area contributed by atoms with Crippen molar-refractivity contribution in [2.24, 2.45) is 5.92 Å². The Hall–Kier alpha value is -3.19. The summed E-state index contributed by atoms with van der Waals surface area (Å²) in [6.07, 6.45) is 2.46. The number of nitrogens with one attached hydrogen (secondary N) is 1. The van der Waals surface area contributed by atoms with Crippen molar-refractivity contribution in [1.82, 2.24) is 9.88 Å². The molecule has 4 rings (SSSR count). The minimum atomic E-state index is -1.56. The highest BCUT2D eigenvalue weighted by Crippen LogP contribution is 2.31. The van der Waals surface area contributed by atoms with Crippen LogP contribution in [-0.4, -0.2) is 45.7 Å². The first-order valence-corrected chi connectivity index (χ1v) is 10.8. The molecule has 2 heterocycles. The monoisotopic (exact) mass is 456 g/mol. The van der Waals surface area contributed by atoms with Crippen LogP contribution in [0.3, 0.4) is 0 Å². The molecule has 0 spiro atoms. The Morgan fingerprint density at radius 3 is 2.44 bits per heavy atom. The highest BCUT2D eigenvalue weighted by molar-refractivity contribution is 6.43. The number of carboxylic acid groups (broad SMARTS) is 1. The second-order valence-corrected chi connectivity index (χ2v) is 8.61. The van der Waals surface area contributed by atoms with Gasteiger partial charge in [0, 0.05) is 29.7 Å². The molecule has 1 amide bonds. The van der Waals surface area contributed by atoms with Crippen molar-refractivity contribution in [1.29, 1.82) is 0 Å². The van der Waals surface area contributed by atoms with Gasteiger partial charge in [-0.1, -0.05) is 23.7 Å². The van der Waals surface area contributed by atoms with Gasteiger partial charge >= 0.3 is 5.97 Å². The van der Waals surface area contributed by atoms with Crippen molar-refractivity contribution >= 4 is 40.2 Å². The van der Waals surface area contributed by atoms with Gasteiger partial charge in [0.25, 0.3) is 11.7 Å². The van der Waals surface area contributed by atoms with E-state index in [4.69, 9.17) is 16.7 Å². The molecule has 3 aromatic rings. The maximum absolute atomic E-state index is 13.2. The molecule has 8 heteroatoms. The van der Waals surface area contributed by atoms with E-state index in [2.05, 4.69) is 4.98 Å². The molecule has 0 atom stereocenters. The van der Waals surface area contributed by atoms with Crippen molar-refractivity contribution in [2.45, 2.75) is 26.2 Å². The van der Waals surface area contributed by atoms with E-state index in [-0.39, 0.29) is 27.9 Å². The highest BCUT2D eigenvalue weighted by Gasteiger charge is 2.28. The topological polar surface area (TPSA) is 90.5 Å². The van der Waals surface area contributed by atoms with Crippen LogP contribution in [0.5, 0.6) is 0 Å². The summed E-state index contributed by atoms with van der Waals surface area (Å²) in [4.78, 5) is 41.2. The van der Waals surface area contributed by atoms with Crippen LogP contribution in [0.15, 0.2) is 36.4 Å². The number of halogens is 2. The van der Waals surface area contributed by atoms with Crippen molar-refractivity contribution in [3.8, 4) is 0 Å². The van der Waals surface area contributed by atoms with Gasteiger partial charge in [0.2, 0.25) is 0 Å². The molecule has 32 heavy (non-hydrogen) atoms. The molecule has 1 aromatic heterocycles. The fourth-order valence-electron chi connectivity index (χ4n) is 4.38. The average molecular weight is 457 g/mol. The molecule has 0 unspecified atom stereocenters. The number of Topliss-reactive ketones (excluding diaryl/α,β-unsaturated/α-hetero) is 1. The number of piperidine rings is 1. The van der Waals surface area contributed by atoms with Gasteiger partial charge < -0.3 is 15.0 Å². The first-order chi connectivity index (χ1) is 15.2. The number of nitrogens with zero attached hydrogens (tertiary/aromatic N) is 1. The lowest BCUT2D eigenvalue weighted by atomic mass is 9.90. The third-order valence-corrected chi connectivity index (χ3v) is 6.38. The summed E-state index contributed by atoms with van der Waals surface area (Å²) < 4.78 is 13.1. The molecule has 6 nitrogen and oxygen atoms in total. The molecule has 1 aliphatic rings. The summed E-state index contributed by atoms with van der Waals surface area (Å²) in [6.45, 7) is 2.73. The Labute approximate surface area is 189 Å². The van der Waals surface area contributed by atoms with Crippen molar-refractivity contribution in [3.63, 3.8) is 0 Å². The van der Waals surface area contributed by atoms with Gasteiger partial charge in [-0.25, -0.2) is 9.18 Å². The number of hydrogen-bond donors (Lipinski definition) is 2. The van der Waals surface area contributed by atoms with Crippen molar-refractivity contribution in [3.05, 3.63) is 69.6 Å². The van der Waals surface area contributed by atoms with Crippen LogP contribution in [0.4, 0.5) is 4.39 Å². The summed E-state index contributed by atoms with van der Waals surface area (Å²) in [7, 11) is 0. The molecule has 0 radical (unpaired) electrons. The minimum Gasteiger partial charge on any atom is -0.475 e. The number of likely N-dealkylation sites (tertiary alicyclic amines) is 1. The van der Waals surface area contributed by atoms with E-state index >= 15 is 0 Å². The number of rotatable bonds is 5. The third-order valence-electron chi connectivity index (χ3n) is 6.06. The van der Waals surface area contributed by atoms with Crippen LogP contribution >= 0.6 is 11.6 Å². The van der Waals surface area contributed by atoms with Crippen LogP contribution in [0, 0.1) is 18.7 Å². The minimum absolute atomic E-state index is 0.0382. The Morgan fingerprint density at radius 1 is 1.16 bits per heavy atom. The van der Waals surface area contributed by atoms with Gasteiger partial charge in [-0.15, -0.1) is 0 Å². The molecule has 2 aromatic carbocycles. The van der Waals surface area contributed by atoms with Crippen LogP contribution in [0.2, 0.25) is 5.02 Å². The van der Waals surface area contributed by atoms with Crippen LogP contribution in [0.1, 0.15) is 44.8 Å². The predicted octanol–water partition coefficient (Wildman–Crippen LogP) is 4.63. The van der Waals surface area contributed by atoms with Crippen molar-refractivity contribution < 1.29 is 23.9 Å². The number of H-pyrrole nitrogens is 1. The largest absolute Gasteiger partial charge is 0.475 e. The number of ketones is 1. The maximum Gasteiger partial charge on any atom is 0.377 e. The highest BCUT2D eigenvalue weighted by atomic mass is 35.5. The zero-order valence-electron chi connectivity index (χ0n) is 17.5. The molecular formula is C24H22ClFN2O4. The van der Waals surface area contributed by atoms with Gasteiger partial charge in [0.05, 0.1) is 16.1 Å². The fraction of sp³-hybridized carbons (Fsp3) is 0.292. The molecular weight excluding hydrogens is 435 g/mol. The summed E-state index contributed by atoms with van der Waals surface area (Å²) in [5.41, 5.74) is 2.27. The summed E-state index contributed by atoms with van der Waals surface area (Å²) >= 11 is 6.37. The quantitative estimate of drug-likeness (QED) is 0.432. The summed E-state index contributed by atoms with van der Waals surface area (Å²) in [5, 5.41) is 9.75. The number of hydrogen-bond acceptors (Lipinski definition) is 3. The average Bonchev–Trinajstić information content (AvgIpc) is 3.08. The fourth-order valence-corrected chi connectivity index (χ4v) is 4.62. The number of aliphatic carboxylic acids is 1. The standard InChI is InChI=1S/C24H22ClFN2O4/c1-13-21(22(29)24(31)32)18-11-17(19(25)12-20(18)27-13)23(30)28-8-6-15(7-9-28)10-14-2-4-16(26)5-3-14/h2-5,11-12,15,27H,6-10H2,1H3,(H,31,32). The number of benzene rings is 2. The summed E-state index contributed by atoms with van der Waals surface area (Å²) in [5.74, 6) is -2.69. The van der Waals surface area contributed by atoms with Gasteiger partial charge in [-0.3, -0.25) is 9.59 Å². The number of fused-ring (bicyclic) bond motifs is 1. The number of amides is 1. The zero-order chi connectivity index (χ0) is 23.0. The van der Waals surface area contributed by atoms with Crippen LogP contribution in [-0.2, 0) is 11.2 Å².